The molecule has 0 saturated heterocycles. The van der Waals surface area contributed by atoms with Gasteiger partial charge in [-0.1, -0.05) is 51.2 Å². The summed E-state index contributed by atoms with van der Waals surface area (Å²) in [5, 5.41) is 3.53. The Bertz CT molecular complexity index is 299. The van der Waals surface area contributed by atoms with Crippen molar-refractivity contribution in [3.05, 3.63) is 24.3 Å². The van der Waals surface area contributed by atoms with Crippen molar-refractivity contribution in [1.29, 1.82) is 0 Å². The molecule has 2 heteroatoms. The maximum atomic E-state index is 3.53. The van der Waals surface area contributed by atoms with Crippen LogP contribution in [0.15, 0.2) is 29.2 Å². The number of unbranched alkanes of at least 4 members (excludes halogenated alkanes) is 5. The lowest BCUT2D eigenvalue weighted by molar-refractivity contribution is 0.617. The molecule has 0 unspecified atom stereocenters. The van der Waals surface area contributed by atoms with Gasteiger partial charge < -0.3 is 5.32 Å². The zero-order valence-corrected chi connectivity index (χ0v) is 12.0. The average Bonchev–Trinajstić information content (AvgIpc) is 2.38. The van der Waals surface area contributed by atoms with Crippen molar-refractivity contribution in [2.45, 2.75) is 50.3 Å². The quantitative estimate of drug-likeness (QED) is 0.479. The number of thioether (sulfide) groups is 1. The molecule has 0 aliphatic rings. The topological polar surface area (TPSA) is 12.0 Å². The molecule has 1 N–H and O–H groups in total. The zero-order chi connectivity index (χ0) is 12.3. The van der Waals surface area contributed by atoms with E-state index in [0.717, 1.165) is 6.54 Å². The van der Waals surface area contributed by atoms with Gasteiger partial charge in [0, 0.05) is 17.1 Å². The van der Waals surface area contributed by atoms with Crippen LogP contribution in [0.3, 0.4) is 0 Å². The smallest absolute Gasteiger partial charge is 0.0478 e. The highest BCUT2D eigenvalue weighted by Gasteiger charge is 1.98. The molecule has 1 nitrogen and oxygen atoms in total. The van der Waals surface area contributed by atoms with E-state index in [1.54, 1.807) is 0 Å². The van der Waals surface area contributed by atoms with Crippen molar-refractivity contribution in [2.24, 2.45) is 0 Å². The Kier molecular flexibility index (Phi) is 7.98. The molecule has 1 rings (SSSR count). The van der Waals surface area contributed by atoms with Crippen LogP contribution >= 0.6 is 11.8 Å². The Labute approximate surface area is 110 Å². The zero-order valence-electron chi connectivity index (χ0n) is 11.2. The average molecular weight is 251 g/mol. The van der Waals surface area contributed by atoms with E-state index >= 15 is 0 Å². The van der Waals surface area contributed by atoms with Crippen molar-refractivity contribution >= 4 is 17.4 Å². The van der Waals surface area contributed by atoms with Crippen LogP contribution in [0, 0.1) is 0 Å². The predicted octanol–water partition coefficient (Wildman–Crippen LogP) is 5.18. The van der Waals surface area contributed by atoms with Crippen LogP contribution in [0.2, 0.25) is 0 Å². The molecule has 96 valence electrons. The maximum absolute atomic E-state index is 3.53. The van der Waals surface area contributed by atoms with Crippen LogP contribution in [0.4, 0.5) is 5.69 Å². The number of nitrogens with one attached hydrogen (secondary N) is 1. The van der Waals surface area contributed by atoms with Gasteiger partial charge in [0.25, 0.3) is 0 Å². The summed E-state index contributed by atoms with van der Waals surface area (Å²) in [5.41, 5.74) is 1.29. The van der Waals surface area contributed by atoms with Gasteiger partial charge in [0.2, 0.25) is 0 Å². The molecular weight excluding hydrogens is 226 g/mol. The largest absolute Gasteiger partial charge is 0.384 e. The molecule has 0 radical (unpaired) electrons. The van der Waals surface area contributed by atoms with E-state index in [1.165, 1.54) is 49.1 Å². The summed E-state index contributed by atoms with van der Waals surface area (Å²) >= 11 is 1.81. The fraction of sp³-hybridized carbons (Fsp3) is 0.600. The summed E-state index contributed by atoms with van der Waals surface area (Å²) in [6.45, 7) is 3.37. The Morgan fingerprint density at radius 3 is 2.47 bits per heavy atom. The minimum atomic E-state index is 1.10. The molecule has 0 spiro atoms. The molecule has 17 heavy (non-hydrogen) atoms. The first-order chi connectivity index (χ1) is 8.38. The molecule has 1 aromatic carbocycles. The summed E-state index contributed by atoms with van der Waals surface area (Å²) < 4.78 is 0. The van der Waals surface area contributed by atoms with E-state index in [2.05, 4.69) is 42.8 Å². The maximum Gasteiger partial charge on any atom is 0.0478 e. The highest BCUT2D eigenvalue weighted by Crippen LogP contribution is 2.24. The van der Waals surface area contributed by atoms with Crippen LogP contribution in [0.25, 0.3) is 0 Å². The molecule has 0 saturated carbocycles. The summed E-state index contributed by atoms with van der Waals surface area (Å²) in [7, 11) is 0. The SMILES string of the molecule is CCCCCCCCNc1ccccc1SC. The molecule has 0 heterocycles. The number of para-hydroxylation sites is 1. The molecule has 0 amide bonds. The Balaban J connectivity index is 2.13. The minimum Gasteiger partial charge on any atom is -0.384 e. The van der Waals surface area contributed by atoms with Gasteiger partial charge in [-0.05, 0) is 24.8 Å². The third-order valence-electron chi connectivity index (χ3n) is 2.95. The molecule has 0 aliphatic carbocycles. The number of benzene rings is 1. The second-order valence-electron chi connectivity index (χ2n) is 4.39. The second-order valence-corrected chi connectivity index (χ2v) is 5.24. The van der Waals surface area contributed by atoms with Gasteiger partial charge in [0.05, 0.1) is 0 Å². The summed E-state index contributed by atoms with van der Waals surface area (Å²) in [5.74, 6) is 0. The van der Waals surface area contributed by atoms with Crippen molar-refractivity contribution in [2.75, 3.05) is 18.1 Å². The predicted molar refractivity (Wildman–Crippen MR) is 80.1 cm³/mol. The van der Waals surface area contributed by atoms with Crippen LogP contribution in [0.5, 0.6) is 0 Å². The summed E-state index contributed by atoms with van der Waals surface area (Å²) in [6.07, 6.45) is 10.3. The lowest BCUT2D eigenvalue weighted by Crippen LogP contribution is -2.02. The number of hydrogen-bond donors (Lipinski definition) is 1. The van der Waals surface area contributed by atoms with E-state index in [-0.39, 0.29) is 0 Å². The van der Waals surface area contributed by atoms with Gasteiger partial charge >= 0.3 is 0 Å². The van der Waals surface area contributed by atoms with Crippen molar-refractivity contribution in [3.63, 3.8) is 0 Å². The molecule has 0 fully saturated rings. The Hall–Kier alpha value is -0.630. The lowest BCUT2D eigenvalue weighted by Gasteiger charge is -2.10. The van der Waals surface area contributed by atoms with Crippen molar-refractivity contribution in [3.8, 4) is 0 Å². The third-order valence-corrected chi connectivity index (χ3v) is 3.75. The molecular formula is C15H25NS. The molecule has 1 aromatic rings. The Morgan fingerprint density at radius 2 is 1.71 bits per heavy atom. The molecule has 0 aromatic heterocycles. The molecule has 0 atom stereocenters. The van der Waals surface area contributed by atoms with E-state index < -0.39 is 0 Å². The van der Waals surface area contributed by atoms with Gasteiger partial charge in [-0.15, -0.1) is 11.8 Å². The van der Waals surface area contributed by atoms with Crippen LogP contribution < -0.4 is 5.32 Å². The number of hydrogen-bond acceptors (Lipinski definition) is 2. The first kappa shape index (κ1) is 14.4. The van der Waals surface area contributed by atoms with E-state index in [1.807, 2.05) is 11.8 Å². The molecule has 0 aliphatic heterocycles. The molecule has 0 bridgehead atoms. The first-order valence-electron chi connectivity index (χ1n) is 6.75. The fourth-order valence-corrected chi connectivity index (χ4v) is 2.49. The van der Waals surface area contributed by atoms with Gasteiger partial charge in [-0.3, -0.25) is 0 Å². The first-order valence-corrected chi connectivity index (χ1v) is 7.98. The second kappa shape index (κ2) is 9.41. The van der Waals surface area contributed by atoms with Crippen molar-refractivity contribution in [1.82, 2.24) is 0 Å². The van der Waals surface area contributed by atoms with Gasteiger partial charge in [0.15, 0.2) is 0 Å². The number of anilines is 1. The highest BCUT2D eigenvalue weighted by atomic mass is 32.2. The van der Waals surface area contributed by atoms with Crippen LogP contribution in [-0.2, 0) is 0 Å². The van der Waals surface area contributed by atoms with Gasteiger partial charge in [-0.25, -0.2) is 0 Å². The van der Waals surface area contributed by atoms with E-state index in [9.17, 15) is 0 Å². The minimum absolute atomic E-state index is 1.10. The summed E-state index contributed by atoms with van der Waals surface area (Å²) in [4.78, 5) is 1.35. The van der Waals surface area contributed by atoms with E-state index in [0.29, 0.717) is 0 Å². The Morgan fingerprint density at radius 1 is 1.00 bits per heavy atom. The van der Waals surface area contributed by atoms with Gasteiger partial charge in [0.1, 0.15) is 0 Å². The number of rotatable bonds is 9. The normalized spacial score (nSPS) is 10.5. The van der Waals surface area contributed by atoms with Gasteiger partial charge in [-0.2, -0.15) is 0 Å². The van der Waals surface area contributed by atoms with Crippen LogP contribution in [0.1, 0.15) is 45.4 Å². The lowest BCUT2D eigenvalue weighted by atomic mass is 10.1. The fourth-order valence-electron chi connectivity index (χ4n) is 1.92. The third kappa shape index (κ3) is 6.02. The summed E-state index contributed by atoms with van der Waals surface area (Å²) in [6, 6.07) is 8.54. The van der Waals surface area contributed by atoms with Crippen LogP contribution in [-0.4, -0.2) is 12.8 Å². The van der Waals surface area contributed by atoms with E-state index in [4.69, 9.17) is 0 Å². The monoisotopic (exact) mass is 251 g/mol. The highest BCUT2D eigenvalue weighted by molar-refractivity contribution is 7.98. The van der Waals surface area contributed by atoms with Crippen molar-refractivity contribution < 1.29 is 0 Å². The standard InChI is InChI=1S/C15H25NS/c1-3-4-5-6-7-10-13-16-14-11-8-9-12-15(14)17-2/h8-9,11-12,16H,3-7,10,13H2,1-2H3.